The number of nitrogens with two attached hydrogens (primary N) is 1. The Balaban J connectivity index is 2.19. The van der Waals surface area contributed by atoms with E-state index in [4.69, 9.17) is 15.3 Å². The summed E-state index contributed by atoms with van der Waals surface area (Å²) in [6.07, 6.45) is 2.20. The molecule has 1 aromatic carbocycles. The fraction of sp³-hybridized carbons (Fsp3) is 0.167. The third-order valence-corrected chi connectivity index (χ3v) is 2.31. The molecule has 1 atom stereocenters. The zero-order valence-corrected chi connectivity index (χ0v) is 9.29. The van der Waals surface area contributed by atoms with Crippen LogP contribution in [0.15, 0.2) is 35.5 Å². The molecule has 0 spiro atoms. The van der Waals surface area contributed by atoms with Crippen LogP contribution >= 0.6 is 0 Å². The van der Waals surface area contributed by atoms with Gasteiger partial charge >= 0.3 is 6.09 Å². The highest BCUT2D eigenvalue weighted by Crippen LogP contribution is 2.22. The van der Waals surface area contributed by atoms with Crippen LogP contribution in [-0.4, -0.2) is 17.9 Å². The number of hydrogen-bond donors (Lipinski definition) is 1. The topological polar surface area (TPSA) is 73.9 Å². The Morgan fingerprint density at radius 3 is 2.94 bits per heavy atom. The number of amides is 1. The van der Waals surface area contributed by atoms with E-state index in [0.717, 1.165) is 5.56 Å². The van der Waals surface area contributed by atoms with Crippen molar-refractivity contribution in [2.24, 2.45) is 10.9 Å². The minimum atomic E-state index is -0.838. The summed E-state index contributed by atoms with van der Waals surface area (Å²) in [4.78, 5) is 15.9. The van der Waals surface area contributed by atoms with Crippen LogP contribution in [0.5, 0.6) is 5.75 Å². The van der Waals surface area contributed by atoms with E-state index in [9.17, 15) is 4.79 Å². The van der Waals surface area contributed by atoms with E-state index in [-0.39, 0.29) is 0 Å². The summed E-state index contributed by atoms with van der Waals surface area (Å²) in [6, 6.07) is 7.48. The van der Waals surface area contributed by atoms with Gasteiger partial charge in [-0.15, -0.1) is 0 Å². The molecule has 88 valence electrons. The number of para-hydroxylation sites is 1. The normalized spacial score (nSPS) is 15.0. The SMILES string of the molecule is CC(OC(N)=O)C1=NOc2ccccc2C=C1. The van der Waals surface area contributed by atoms with Crippen LogP contribution < -0.4 is 10.6 Å². The molecule has 0 aliphatic carbocycles. The zero-order valence-electron chi connectivity index (χ0n) is 9.29. The average Bonchev–Trinajstić information content (AvgIpc) is 2.50. The molecule has 2 N–H and O–H groups in total. The van der Waals surface area contributed by atoms with Gasteiger partial charge in [0, 0.05) is 5.56 Å². The number of rotatable bonds is 2. The molecule has 0 saturated carbocycles. The van der Waals surface area contributed by atoms with Gasteiger partial charge in [-0.3, -0.25) is 0 Å². The summed E-state index contributed by atoms with van der Waals surface area (Å²) in [7, 11) is 0. The van der Waals surface area contributed by atoms with Crippen molar-refractivity contribution < 1.29 is 14.4 Å². The summed E-state index contributed by atoms with van der Waals surface area (Å²) in [5, 5.41) is 3.91. The van der Waals surface area contributed by atoms with Gasteiger partial charge in [-0.2, -0.15) is 0 Å². The van der Waals surface area contributed by atoms with Crippen LogP contribution in [-0.2, 0) is 4.74 Å². The maximum absolute atomic E-state index is 10.6. The largest absolute Gasteiger partial charge is 0.440 e. The van der Waals surface area contributed by atoms with E-state index in [1.807, 2.05) is 30.3 Å². The third kappa shape index (κ3) is 2.63. The van der Waals surface area contributed by atoms with Crippen LogP contribution in [0.3, 0.4) is 0 Å². The van der Waals surface area contributed by atoms with Gasteiger partial charge in [0.05, 0.1) is 0 Å². The third-order valence-electron chi connectivity index (χ3n) is 2.31. The summed E-state index contributed by atoms with van der Waals surface area (Å²) in [5.41, 5.74) is 6.36. The first-order valence-electron chi connectivity index (χ1n) is 5.15. The molecule has 17 heavy (non-hydrogen) atoms. The van der Waals surface area contributed by atoms with E-state index < -0.39 is 12.2 Å². The van der Waals surface area contributed by atoms with E-state index >= 15 is 0 Å². The van der Waals surface area contributed by atoms with Gasteiger partial charge in [0.2, 0.25) is 0 Å². The Bertz CT molecular complexity index is 494. The maximum atomic E-state index is 10.6. The van der Waals surface area contributed by atoms with E-state index in [2.05, 4.69) is 5.16 Å². The lowest BCUT2D eigenvalue weighted by atomic mass is 10.1. The molecule has 0 saturated heterocycles. The molecule has 1 aliphatic rings. The van der Waals surface area contributed by atoms with Gasteiger partial charge in [0.1, 0.15) is 11.8 Å². The van der Waals surface area contributed by atoms with E-state index in [1.165, 1.54) is 0 Å². The van der Waals surface area contributed by atoms with Crippen molar-refractivity contribution in [3.8, 4) is 5.75 Å². The molecule has 5 heteroatoms. The molecule has 1 unspecified atom stereocenters. The van der Waals surface area contributed by atoms with Crippen molar-refractivity contribution in [2.75, 3.05) is 0 Å². The predicted molar refractivity (Wildman–Crippen MR) is 63.7 cm³/mol. The lowest BCUT2D eigenvalue weighted by Gasteiger charge is -2.09. The minimum absolute atomic E-state index is 0.500. The number of nitrogens with zero attached hydrogens (tertiary/aromatic N) is 1. The van der Waals surface area contributed by atoms with Crippen molar-refractivity contribution in [2.45, 2.75) is 13.0 Å². The first-order chi connectivity index (χ1) is 8.16. The number of oxime groups is 1. The predicted octanol–water partition coefficient (Wildman–Crippen LogP) is 1.93. The fourth-order valence-corrected chi connectivity index (χ4v) is 1.45. The molecular formula is C12H12N2O3. The van der Waals surface area contributed by atoms with E-state index in [1.54, 1.807) is 13.0 Å². The van der Waals surface area contributed by atoms with Gasteiger partial charge in [-0.05, 0) is 25.1 Å². The number of carbonyl (C=O) groups is 1. The van der Waals surface area contributed by atoms with E-state index in [0.29, 0.717) is 11.5 Å². The highest BCUT2D eigenvalue weighted by atomic mass is 16.6. The first kappa shape index (κ1) is 11.2. The van der Waals surface area contributed by atoms with Crippen LogP contribution in [0, 0.1) is 0 Å². The van der Waals surface area contributed by atoms with Crippen molar-refractivity contribution >= 4 is 17.9 Å². The van der Waals surface area contributed by atoms with Crippen LogP contribution in [0.2, 0.25) is 0 Å². The summed E-state index contributed by atoms with van der Waals surface area (Å²) >= 11 is 0. The van der Waals surface area contributed by atoms with Crippen molar-refractivity contribution in [3.63, 3.8) is 0 Å². The Morgan fingerprint density at radius 1 is 1.41 bits per heavy atom. The average molecular weight is 232 g/mol. The molecule has 1 amide bonds. The summed E-state index contributed by atoms with van der Waals surface area (Å²) < 4.78 is 4.82. The lowest BCUT2D eigenvalue weighted by Crippen LogP contribution is -2.26. The quantitative estimate of drug-likeness (QED) is 0.846. The highest BCUT2D eigenvalue weighted by Gasteiger charge is 2.15. The first-order valence-corrected chi connectivity index (χ1v) is 5.15. The highest BCUT2D eigenvalue weighted by molar-refractivity contribution is 6.02. The monoisotopic (exact) mass is 232 g/mol. The van der Waals surface area contributed by atoms with Crippen molar-refractivity contribution in [1.82, 2.24) is 0 Å². The molecule has 1 heterocycles. The van der Waals surface area contributed by atoms with Gasteiger partial charge in [-0.25, -0.2) is 4.79 Å². The zero-order chi connectivity index (χ0) is 12.3. The molecule has 0 aromatic heterocycles. The van der Waals surface area contributed by atoms with Crippen LogP contribution in [0.25, 0.3) is 6.08 Å². The maximum Gasteiger partial charge on any atom is 0.405 e. The molecule has 0 bridgehead atoms. The summed E-state index contributed by atoms with van der Waals surface area (Å²) in [5.74, 6) is 0.657. The molecule has 5 nitrogen and oxygen atoms in total. The lowest BCUT2D eigenvalue weighted by molar-refractivity contribution is 0.143. The standard InChI is InChI=1S/C12H12N2O3/c1-8(16-12(13)15)10-7-6-9-4-2-3-5-11(9)17-14-10/h2-8H,1H3,(H2,13,15). The van der Waals surface area contributed by atoms with Gasteiger partial charge in [0.15, 0.2) is 5.75 Å². The molecule has 2 rings (SSSR count). The Hall–Kier alpha value is -2.30. The fourth-order valence-electron chi connectivity index (χ4n) is 1.45. The number of primary amides is 1. The van der Waals surface area contributed by atoms with Gasteiger partial charge in [-0.1, -0.05) is 23.4 Å². The number of fused-ring (bicyclic) bond motifs is 1. The van der Waals surface area contributed by atoms with Crippen LogP contribution in [0.1, 0.15) is 12.5 Å². The molecule has 0 fully saturated rings. The number of carbonyl (C=O) groups excluding carboxylic acids is 1. The Kier molecular flexibility index (Phi) is 3.09. The number of hydrogen-bond acceptors (Lipinski definition) is 4. The van der Waals surface area contributed by atoms with Gasteiger partial charge < -0.3 is 15.3 Å². The van der Waals surface area contributed by atoms with Crippen molar-refractivity contribution in [1.29, 1.82) is 0 Å². The minimum Gasteiger partial charge on any atom is -0.440 e. The van der Waals surface area contributed by atoms with Crippen molar-refractivity contribution in [3.05, 3.63) is 35.9 Å². The molecule has 1 aromatic rings. The second-order valence-corrected chi connectivity index (χ2v) is 3.56. The molecular weight excluding hydrogens is 220 g/mol. The van der Waals surface area contributed by atoms with Crippen LogP contribution in [0.4, 0.5) is 4.79 Å². The summed E-state index contributed by atoms with van der Waals surface area (Å²) in [6.45, 7) is 1.67. The second kappa shape index (κ2) is 4.69. The van der Waals surface area contributed by atoms with Gasteiger partial charge in [0.25, 0.3) is 0 Å². The number of benzene rings is 1. The Labute approximate surface area is 98.5 Å². The number of ether oxygens (including phenoxy) is 1. The molecule has 1 aliphatic heterocycles. The second-order valence-electron chi connectivity index (χ2n) is 3.56. The smallest absolute Gasteiger partial charge is 0.405 e. The molecule has 0 radical (unpaired) electrons. The Morgan fingerprint density at radius 2 is 2.18 bits per heavy atom.